The van der Waals surface area contributed by atoms with Crippen LogP contribution in [0.1, 0.15) is 44.4 Å². The molecule has 1 aliphatic heterocycles. The van der Waals surface area contributed by atoms with Crippen molar-refractivity contribution in [3.63, 3.8) is 0 Å². The van der Waals surface area contributed by atoms with Crippen molar-refractivity contribution in [2.24, 2.45) is 5.92 Å². The number of benzene rings is 1. The molecular formula is C21H33N3O3. The van der Waals surface area contributed by atoms with E-state index in [0.717, 1.165) is 0 Å². The molecule has 0 saturated carbocycles. The summed E-state index contributed by atoms with van der Waals surface area (Å²) in [5.41, 5.74) is 1.87. The third-order valence-corrected chi connectivity index (χ3v) is 4.77. The third-order valence-electron chi connectivity index (χ3n) is 4.77. The molecule has 2 unspecified atom stereocenters. The molecule has 2 atom stereocenters. The first-order chi connectivity index (χ1) is 12.6. The zero-order chi connectivity index (χ0) is 20.2. The minimum Gasteiger partial charge on any atom is -0.444 e. The largest absolute Gasteiger partial charge is 0.444 e. The van der Waals surface area contributed by atoms with Crippen LogP contribution < -0.4 is 5.32 Å². The smallest absolute Gasteiger partial charge is 0.410 e. The van der Waals surface area contributed by atoms with Crippen LogP contribution in [0.3, 0.4) is 0 Å². The van der Waals surface area contributed by atoms with E-state index in [1.54, 1.807) is 4.90 Å². The number of aryl methyl sites for hydroxylation is 1. The molecule has 27 heavy (non-hydrogen) atoms. The highest BCUT2D eigenvalue weighted by molar-refractivity contribution is 5.80. The normalized spacial score (nSPS) is 18.5. The molecule has 1 aromatic rings. The van der Waals surface area contributed by atoms with E-state index < -0.39 is 5.60 Å². The molecule has 150 valence electrons. The molecule has 6 nitrogen and oxygen atoms in total. The van der Waals surface area contributed by atoms with Crippen LogP contribution in [0.25, 0.3) is 0 Å². The van der Waals surface area contributed by atoms with Crippen molar-refractivity contribution in [2.75, 3.05) is 33.7 Å². The quantitative estimate of drug-likeness (QED) is 0.859. The van der Waals surface area contributed by atoms with Crippen LogP contribution >= 0.6 is 0 Å². The van der Waals surface area contributed by atoms with E-state index in [2.05, 4.69) is 41.4 Å². The maximum absolute atomic E-state index is 12.6. The number of likely N-dealkylation sites (N-methyl/N-ethyl adjacent to an activating group) is 1. The molecule has 0 spiro atoms. The van der Waals surface area contributed by atoms with E-state index in [0.29, 0.717) is 26.1 Å². The molecule has 0 bridgehead atoms. The number of hydrogen-bond acceptors (Lipinski definition) is 4. The first kappa shape index (κ1) is 21.2. The van der Waals surface area contributed by atoms with Gasteiger partial charge in [-0.15, -0.1) is 0 Å². The number of amides is 2. The van der Waals surface area contributed by atoms with Crippen molar-refractivity contribution in [3.8, 4) is 0 Å². The average molecular weight is 376 g/mol. The van der Waals surface area contributed by atoms with Gasteiger partial charge in [0.2, 0.25) is 5.91 Å². The SMILES string of the molecule is Cc1ccc(C(CNC(=O)C2CCN(C(=O)OC(C)(C)C)C2)N(C)C)cc1. The zero-order valence-corrected chi connectivity index (χ0v) is 17.4. The molecule has 2 amide bonds. The molecule has 1 aliphatic rings. The van der Waals surface area contributed by atoms with Crippen LogP contribution in [-0.4, -0.2) is 61.1 Å². The Morgan fingerprint density at radius 3 is 2.44 bits per heavy atom. The Hall–Kier alpha value is -2.08. The monoisotopic (exact) mass is 375 g/mol. The summed E-state index contributed by atoms with van der Waals surface area (Å²) >= 11 is 0. The molecule has 1 saturated heterocycles. The van der Waals surface area contributed by atoms with Crippen LogP contribution in [0.15, 0.2) is 24.3 Å². The lowest BCUT2D eigenvalue weighted by molar-refractivity contribution is -0.124. The second kappa shape index (κ2) is 8.74. The topological polar surface area (TPSA) is 61.9 Å². The molecule has 0 radical (unpaired) electrons. The molecule has 0 aromatic heterocycles. The van der Waals surface area contributed by atoms with Gasteiger partial charge in [0, 0.05) is 19.6 Å². The Bertz CT molecular complexity index is 650. The van der Waals surface area contributed by atoms with Crippen molar-refractivity contribution < 1.29 is 14.3 Å². The van der Waals surface area contributed by atoms with E-state index in [9.17, 15) is 9.59 Å². The van der Waals surface area contributed by atoms with Gasteiger partial charge in [0.25, 0.3) is 0 Å². The van der Waals surface area contributed by atoms with Crippen molar-refractivity contribution >= 4 is 12.0 Å². The zero-order valence-electron chi connectivity index (χ0n) is 17.4. The maximum atomic E-state index is 12.6. The summed E-state index contributed by atoms with van der Waals surface area (Å²) in [5.74, 6) is -0.182. The molecule has 1 aromatic carbocycles. The van der Waals surface area contributed by atoms with E-state index in [4.69, 9.17) is 4.74 Å². The van der Waals surface area contributed by atoms with Crippen molar-refractivity contribution in [3.05, 3.63) is 35.4 Å². The number of carbonyl (C=O) groups is 2. The first-order valence-electron chi connectivity index (χ1n) is 9.55. The molecule has 1 fully saturated rings. The van der Waals surface area contributed by atoms with E-state index >= 15 is 0 Å². The molecule has 1 heterocycles. The fourth-order valence-electron chi connectivity index (χ4n) is 3.20. The molecule has 0 aliphatic carbocycles. The van der Waals surface area contributed by atoms with Crippen LogP contribution in [0.4, 0.5) is 4.79 Å². The summed E-state index contributed by atoms with van der Waals surface area (Å²) in [6.07, 6.45) is 0.325. The lowest BCUT2D eigenvalue weighted by atomic mass is 10.0. The summed E-state index contributed by atoms with van der Waals surface area (Å²) in [6.45, 7) is 9.11. The van der Waals surface area contributed by atoms with Gasteiger partial charge >= 0.3 is 6.09 Å². The number of rotatable bonds is 5. The van der Waals surface area contributed by atoms with Gasteiger partial charge in [-0.25, -0.2) is 4.79 Å². The summed E-state index contributed by atoms with van der Waals surface area (Å²) in [7, 11) is 4.02. The Labute approximate surface area is 162 Å². The molecule has 6 heteroatoms. The number of likely N-dealkylation sites (tertiary alicyclic amines) is 1. The highest BCUT2D eigenvalue weighted by Crippen LogP contribution is 2.21. The van der Waals surface area contributed by atoms with Crippen LogP contribution in [0, 0.1) is 12.8 Å². The Morgan fingerprint density at radius 1 is 1.26 bits per heavy atom. The van der Waals surface area contributed by atoms with Crippen molar-refractivity contribution in [1.82, 2.24) is 15.1 Å². The van der Waals surface area contributed by atoms with Crippen LogP contribution in [0.2, 0.25) is 0 Å². The van der Waals surface area contributed by atoms with Gasteiger partial charge < -0.3 is 19.9 Å². The number of nitrogens with one attached hydrogen (secondary N) is 1. The number of carbonyl (C=O) groups excluding carboxylic acids is 2. The van der Waals surface area contributed by atoms with Gasteiger partial charge in [-0.2, -0.15) is 0 Å². The lowest BCUT2D eigenvalue weighted by Crippen LogP contribution is -2.40. The maximum Gasteiger partial charge on any atom is 0.410 e. The van der Waals surface area contributed by atoms with Gasteiger partial charge in [-0.3, -0.25) is 4.79 Å². The van der Waals surface area contributed by atoms with Crippen LogP contribution in [-0.2, 0) is 9.53 Å². The second-order valence-electron chi connectivity index (χ2n) is 8.55. The third kappa shape index (κ3) is 6.24. The highest BCUT2D eigenvalue weighted by Gasteiger charge is 2.33. The Balaban J connectivity index is 1.89. The number of hydrogen-bond donors (Lipinski definition) is 1. The second-order valence-corrected chi connectivity index (χ2v) is 8.55. The van der Waals surface area contributed by atoms with E-state index in [-0.39, 0.29) is 24.0 Å². The summed E-state index contributed by atoms with van der Waals surface area (Å²) in [6, 6.07) is 8.49. The van der Waals surface area contributed by atoms with Gasteiger partial charge in [0.1, 0.15) is 5.60 Å². The van der Waals surface area contributed by atoms with Gasteiger partial charge in [-0.1, -0.05) is 29.8 Å². The molecular weight excluding hydrogens is 342 g/mol. The lowest BCUT2D eigenvalue weighted by Gasteiger charge is -2.26. The van der Waals surface area contributed by atoms with E-state index in [1.165, 1.54) is 11.1 Å². The number of ether oxygens (including phenoxy) is 1. The van der Waals surface area contributed by atoms with Crippen LogP contribution in [0.5, 0.6) is 0 Å². The predicted octanol–water partition coefficient (Wildman–Crippen LogP) is 2.97. The van der Waals surface area contributed by atoms with Gasteiger partial charge in [-0.05, 0) is 53.8 Å². The molecule has 2 rings (SSSR count). The Kier molecular flexibility index (Phi) is 6.87. The summed E-state index contributed by atoms with van der Waals surface area (Å²) < 4.78 is 5.40. The fourth-order valence-corrected chi connectivity index (χ4v) is 3.20. The Morgan fingerprint density at radius 2 is 1.89 bits per heavy atom. The van der Waals surface area contributed by atoms with Crippen molar-refractivity contribution in [1.29, 1.82) is 0 Å². The van der Waals surface area contributed by atoms with Crippen molar-refractivity contribution in [2.45, 2.75) is 45.8 Å². The average Bonchev–Trinajstić information content (AvgIpc) is 3.05. The highest BCUT2D eigenvalue weighted by atomic mass is 16.6. The van der Waals surface area contributed by atoms with Gasteiger partial charge in [0.05, 0.1) is 12.0 Å². The summed E-state index contributed by atoms with van der Waals surface area (Å²) in [5, 5.41) is 3.07. The summed E-state index contributed by atoms with van der Waals surface area (Å²) in [4.78, 5) is 28.5. The van der Waals surface area contributed by atoms with E-state index in [1.807, 2.05) is 34.9 Å². The minimum atomic E-state index is -0.523. The predicted molar refractivity (Wildman–Crippen MR) is 107 cm³/mol. The number of nitrogens with zero attached hydrogens (tertiary/aromatic N) is 2. The standard InChI is InChI=1S/C21H33N3O3/c1-15-7-9-16(10-8-15)18(23(5)6)13-22-19(25)17-11-12-24(14-17)20(26)27-21(2,3)4/h7-10,17-18H,11-14H2,1-6H3,(H,22,25). The minimum absolute atomic E-state index is 0.0000188. The first-order valence-corrected chi connectivity index (χ1v) is 9.55. The van der Waals surface area contributed by atoms with Gasteiger partial charge in [0.15, 0.2) is 0 Å². The fraction of sp³-hybridized carbons (Fsp3) is 0.619. The molecule has 1 N–H and O–H groups in total.